The number of hydrogen-bond acceptors (Lipinski definition) is 3. The first-order chi connectivity index (χ1) is 8.15. The highest BCUT2D eigenvalue weighted by Gasteiger charge is 2.50. The fraction of sp³-hybridized carbons (Fsp3) is 0.846. The number of carbonyl (C=O) groups is 1. The fourth-order valence-corrected chi connectivity index (χ4v) is 4.58. The van der Waals surface area contributed by atoms with Gasteiger partial charge in [-0.25, -0.2) is 4.79 Å². The fourth-order valence-electron chi connectivity index (χ4n) is 4.58. The third kappa shape index (κ3) is 2.17. The number of hydrogen-bond donors (Lipinski definition) is 1. The summed E-state index contributed by atoms with van der Waals surface area (Å²) in [6.45, 7) is -0.330. The summed E-state index contributed by atoms with van der Waals surface area (Å²) in [5.74, 6) is 1.68. The smallest absolute Gasteiger partial charge is 0.344 e. The molecule has 17 heavy (non-hydrogen) atoms. The second-order valence-corrected chi connectivity index (χ2v) is 6.18. The average molecular weight is 237 g/mol. The predicted molar refractivity (Wildman–Crippen MR) is 62.7 cm³/mol. The zero-order valence-corrected chi connectivity index (χ0v) is 9.97. The van der Waals surface area contributed by atoms with Crippen LogP contribution in [0.3, 0.4) is 0 Å². The van der Waals surface area contributed by atoms with Crippen LogP contribution in [0.5, 0.6) is 0 Å². The maximum absolute atomic E-state index is 10.3. The first-order valence-electron chi connectivity index (χ1n) is 6.53. The minimum Gasteiger partial charge on any atom is -0.479 e. The Hall–Kier alpha value is -1.06. The highest BCUT2D eigenvalue weighted by atomic mass is 16.6. The molecule has 4 aliphatic rings. The molecule has 4 aliphatic carbocycles. The van der Waals surface area contributed by atoms with Gasteiger partial charge in [0.1, 0.15) is 0 Å². The molecule has 0 spiro atoms. The van der Waals surface area contributed by atoms with Gasteiger partial charge < -0.3 is 9.94 Å². The first kappa shape index (κ1) is 11.1. The van der Waals surface area contributed by atoms with Crippen LogP contribution in [0.2, 0.25) is 0 Å². The molecule has 0 aromatic rings. The van der Waals surface area contributed by atoms with E-state index in [2.05, 4.69) is 5.16 Å². The van der Waals surface area contributed by atoms with E-state index in [1.165, 1.54) is 38.5 Å². The Morgan fingerprint density at radius 2 is 1.76 bits per heavy atom. The van der Waals surface area contributed by atoms with Gasteiger partial charge in [0.05, 0.1) is 0 Å². The first-order valence-corrected chi connectivity index (χ1v) is 6.53. The lowest BCUT2D eigenvalue weighted by Gasteiger charge is -2.55. The standard InChI is InChI=1S/C13H19NO3/c15-12(16)7-17-14-8-13-4-9-1-10(5-13)3-11(2-9)6-13/h8-11H,1-7H2,(H,15,16)/b14-8+. The van der Waals surface area contributed by atoms with Gasteiger partial charge in [0.15, 0.2) is 0 Å². The van der Waals surface area contributed by atoms with Crippen molar-refractivity contribution in [2.45, 2.75) is 38.5 Å². The van der Waals surface area contributed by atoms with E-state index in [0.29, 0.717) is 0 Å². The number of carboxylic acid groups (broad SMARTS) is 1. The van der Waals surface area contributed by atoms with Crippen LogP contribution in [-0.2, 0) is 9.63 Å². The van der Waals surface area contributed by atoms with Crippen LogP contribution in [-0.4, -0.2) is 23.9 Å². The molecule has 4 heteroatoms. The third-order valence-electron chi connectivity index (χ3n) is 4.67. The molecule has 94 valence electrons. The Bertz CT molecular complexity index is 315. The summed E-state index contributed by atoms with van der Waals surface area (Å²) >= 11 is 0. The minimum absolute atomic E-state index is 0.229. The molecular weight excluding hydrogens is 218 g/mol. The van der Waals surface area contributed by atoms with Crippen molar-refractivity contribution in [2.24, 2.45) is 28.3 Å². The maximum atomic E-state index is 10.3. The van der Waals surface area contributed by atoms with Crippen molar-refractivity contribution < 1.29 is 14.7 Å². The molecule has 0 saturated heterocycles. The summed E-state index contributed by atoms with van der Waals surface area (Å²) in [6, 6.07) is 0. The third-order valence-corrected chi connectivity index (χ3v) is 4.67. The van der Waals surface area contributed by atoms with Crippen LogP contribution in [0.4, 0.5) is 0 Å². The Balaban J connectivity index is 1.64. The van der Waals surface area contributed by atoms with Gasteiger partial charge in [-0.05, 0) is 56.3 Å². The largest absolute Gasteiger partial charge is 0.479 e. The predicted octanol–water partition coefficient (Wildman–Crippen LogP) is 2.29. The van der Waals surface area contributed by atoms with Crippen molar-refractivity contribution in [1.29, 1.82) is 0 Å². The molecule has 1 N–H and O–H groups in total. The number of oxime groups is 1. The quantitative estimate of drug-likeness (QED) is 0.603. The van der Waals surface area contributed by atoms with Crippen molar-refractivity contribution in [1.82, 2.24) is 0 Å². The van der Waals surface area contributed by atoms with Gasteiger partial charge in [0, 0.05) is 11.6 Å². The van der Waals surface area contributed by atoms with E-state index in [-0.39, 0.29) is 12.0 Å². The van der Waals surface area contributed by atoms with E-state index in [1.54, 1.807) is 0 Å². The summed E-state index contributed by atoms with van der Waals surface area (Å²) in [7, 11) is 0. The van der Waals surface area contributed by atoms with E-state index in [1.807, 2.05) is 6.21 Å². The van der Waals surface area contributed by atoms with Gasteiger partial charge in [-0.3, -0.25) is 0 Å². The Morgan fingerprint density at radius 3 is 2.24 bits per heavy atom. The zero-order chi connectivity index (χ0) is 11.9. The Kier molecular flexibility index (Phi) is 2.60. The molecule has 0 aromatic carbocycles. The minimum atomic E-state index is -0.965. The molecular formula is C13H19NO3. The maximum Gasteiger partial charge on any atom is 0.344 e. The normalized spacial score (nSPS) is 43.2. The summed E-state index contributed by atoms with van der Waals surface area (Å²) in [4.78, 5) is 15.1. The molecule has 0 aromatic heterocycles. The van der Waals surface area contributed by atoms with Crippen LogP contribution in [0.25, 0.3) is 0 Å². The molecule has 0 amide bonds. The molecule has 4 rings (SSSR count). The number of carboxylic acids is 1. The van der Waals surface area contributed by atoms with E-state index >= 15 is 0 Å². The molecule has 0 aliphatic heterocycles. The van der Waals surface area contributed by atoms with E-state index in [0.717, 1.165) is 17.8 Å². The van der Waals surface area contributed by atoms with Crippen LogP contribution in [0.1, 0.15) is 38.5 Å². The Morgan fingerprint density at radius 1 is 1.24 bits per heavy atom. The van der Waals surface area contributed by atoms with Crippen molar-refractivity contribution in [3.8, 4) is 0 Å². The monoisotopic (exact) mass is 237 g/mol. The van der Waals surface area contributed by atoms with Gasteiger partial charge in [-0.15, -0.1) is 0 Å². The van der Waals surface area contributed by atoms with Crippen molar-refractivity contribution in [3.05, 3.63) is 0 Å². The van der Waals surface area contributed by atoms with Gasteiger partial charge >= 0.3 is 5.97 Å². The zero-order valence-electron chi connectivity index (χ0n) is 9.97. The van der Waals surface area contributed by atoms with E-state index in [9.17, 15) is 4.79 Å². The number of rotatable bonds is 4. The second kappa shape index (κ2) is 4.00. The van der Waals surface area contributed by atoms with Gasteiger partial charge in [-0.1, -0.05) is 5.16 Å². The molecule has 4 saturated carbocycles. The molecule has 4 nitrogen and oxygen atoms in total. The topological polar surface area (TPSA) is 58.9 Å². The molecule has 0 atom stereocenters. The number of nitrogens with zero attached hydrogens (tertiary/aromatic N) is 1. The van der Waals surface area contributed by atoms with Crippen molar-refractivity contribution >= 4 is 12.2 Å². The lowest BCUT2D eigenvalue weighted by atomic mass is 9.50. The average Bonchev–Trinajstić information content (AvgIpc) is 2.22. The number of aliphatic carboxylic acids is 1. The van der Waals surface area contributed by atoms with Gasteiger partial charge in [-0.2, -0.15) is 0 Å². The summed E-state index contributed by atoms with van der Waals surface area (Å²) in [5, 5.41) is 12.4. The van der Waals surface area contributed by atoms with Crippen LogP contribution >= 0.6 is 0 Å². The summed E-state index contributed by atoms with van der Waals surface area (Å²) in [6.07, 6.45) is 9.84. The molecule has 4 fully saturated rings. The summed E-state index contributed by atoms with van der Waals surface area (Å²) < 4.78 is 0. The van der Waals surface area contributed by atoms with Crippen LogP contribution in [0.15, 0.2) is 5.16 Å². The van der Waals surface area contributed by atoms with Crippen LogP contribution in [0, 0.1) is 23.2 Å². The van der Waals surface area contributed by atoms with E-state index in [4.69, 9.17) is 9.94 Å². The highest BCUT2D eigenvalue weighted by molar-refractivity contribution is 5.69. The lowest BCUT2D eigenvalue weighted by Crippen LogP contribution is -2.46. The van der Waals surface area contributed by atoms with Crippen molar-refractivity contribution in [2.75, 3.05) is 6.61 Å². The van der Waals surface area contributed by atoms with Crippen molar-refractivity contribution in [3.63, 3.8) is 0 Å². The summed E-state index contributed by atoms with van der Waals surface area (Å²) in [5.41, 5.74) is 0.229. The van der Waals surface area contributed by atoms with Gasteiger partial charge in [0.2, 0.25) is 6.61 Å². The molecule has 0 heterocycles. The molecule has 0 radical (unpaired) electrons. The molecule has 0 unspecified atom stereocenters. The van der Waals surface area contributed by atoms with Gasteiger partial charge in [0.25, 0.3) is 0 Å². The van der Waals surface area contributed by atoms with Crippen LogP contribution < -0.4 is 0 Å². The lowest BCUT2D eigenvalue weighted by molar-refractivity contribution is -0.142. The Labute approximate surface area is 101 Å². The second-order valence-electron chi connectivity index (χ2n) is 6.18. The SMILES string of the molecule is O=C(O)CO/N=C/C12CC3CC(CC(C3)C1)C2. The highest BCUT2D eigenvalue weighted by Crippen LogP contribution is 2.59. The molecule has 4 bridgehead atoms. The van der Waals surface area contributed by atoms with E-state index < -0.39 is 5.97 Å².